The molecule has 0 spiro atoms. The number of aromatic nitrogens is 1. The minimum Gasteiger partial charge on any atom is -0.495 e. The normalized spacial score (nSPS) is 16.9. The van der Waals surface area contributed by atoms with Crippen molar-refractivity contribution in [1.82, 2.24) is 4.98 Å². The molecule has 0 atom stereocenters. The molecule has 0 amide bonds. The lowest BCUT2D eigenvalue weighted by Gasteiger charge is -2.13. The number of aliphatic hydroxyl groups is 1. The summed E-state index contributed by atoms with van der Waals surface area (Å²) in [6, 6.07) is 0. The first-order chi connectivity index (χ1) is 7.68. The summed E-state index contributed by atoms with van der Waals surface area (Å²) in [5.41, 5.74) is 0.541. The molecule has 0 radical (unpaired) electrons. The Morgan fingerprint density at radius 2 is 1.81 bits per heavy atom. The molecular weight excluding hydrogens is 206 g/mol. The molecule has 1 aliphatic rings. The quantitative estimate of drug-likeness (QED) is 0.823. The first-order valence-corrected chi connectivity index (χ1v) is 5.46. The van der Waals surface area contributed by atoms with Crippen LogP contribution in [0.25, 0.3) is 0 Å². The number of rotatable bonds is 5. The highest BCUT2D eigenvalue weighted by molar-refractivity contribution is 5.42. The molecule has 0 unspecified atom stereocenters. The molecule has 16 heavy (non-hydrogen) atoms. The molecule has 0 bridgehead atoms. The minimum atomic E-state index is -0.445. The molecule has 1 aromatic rings. The van der Waals surface area contributed by atoms with Crippen LogP contribution in [-0.4, -0.2) is 29.9 Å². The Labute approximate surface area is 95.2 Å². The van der Waals surface area contributed by atoms with Crippen molar-refractivity contribution in [3.05, 3.63) is 18.0 Å². The van der Waals surface area contributed by atoms with E-state index >= 15 is 0 Å². The van der Waals surface area contributed by atoms with E-state index < -0.39 is 5.60 Å². The zero-order valence-corrected chi connectivity index (χ0v) is 9.69. The highest BCUT2D eigenvalue weighted by Gasteiger charge is 2.39. The smallest absolute Gasteiger partial charge is 0.144 e. The Balaban J connectivity index is 2.15. The first-order valence-electron chi connectivity index (χ1n) is 5.46. The topological polar surface area (TPSA) is 51.6 Å². The number of hydrogen-bond acceptors (Lipinski definition) is 4. The first kappa shape index (κ1) is 11.2. The van der Waals surface area contributed by atoms with Gasteiger partial charge in [-0.2, -0.15) is 0 Å². The lowest BCUT2D eigenvalue weighted by atomic mass is 10.1. The Morgan fingerprint density at radius 1 is 1.25 bits per heavy atom. The van der Waals surface area contributed by atoms with E-state index in [-0.39, 0.29) is 0 Å². The fourth-order valence-electron chi connectivity index (χ4n) is 1.80. The van der Waals surface area contributed by atoms with E-state index in [0.29, 0.717) is 0 Å². The van der Waals surface area contributed by atoms with Gasteiger partial charge in [0.15, 0.2) is 0 Å². The van der Waals surface area contributed by atoms with Crippen LogP contribution >= 0.6 is 0 Å². The van der Waals surface area contributed by atoms with Gasteiger partial charge in [0.2, 0.25) is 0 Å². The lowest BCUT2D eigenvalue weighted by Crippen LogP contribution is -2.09. The standard InChI is InChI=1S/C12H17NO3/c1-15-10-7-13-8-11(16-2)9(10)3-4-12(14)5-6-12/h7-8,14H,3-6H2,1-2H3. The predicted molar refractivity (Wildman–Crippen MR) is 59.8 cm³/mol. The Kier molecular flexibility index (Phi) is 3.01. The second-order valence-electron chi connectivity index (χ2n) is 4.25. The summed E-state index contributed by atoms with van der Waals surface area (Å²) >= 11 is 0. The molecule has 1 saturated carbocycles. The van der Waals surface area contributed by atoms with Gasteiger partial charge in [-0.1, -0.05) is 0 Å². The van der Waals surface area contributed by atoms with Gasteiger partial charge in [-0.3, -0.25) is 4.98 Å². The van der Waals surface area contributed by atoms with E-state index in [9.17, 15) is 5.11 Å². The SMILES string of the molecule is COc1cncc(OC)c1CCC1(O)CC1. The fraction of sp³-hybridized carbons (Fsp3) is 0.583. The molecule has 1 aliphatic carbocycles. The predicted octanol–water partition coefficient (Wildman–Crippen LogP) is 1.56. The van der Waals surface area contributed by atoms with Crippen LogP contribution in [0.1, 0.15) is 24.8 Å². The minimum absolute atomic E-state index is 0.445. The van der Waals surface area contributed by atoms with Gasteiger partial charge >= 0.3 is 0 Å². The van der Waals surface area contributed by atoms with Crippen LogP contribution in [0.3, 0.4) is 0 Å². The largest absolute Gasteiger partial charge is 0.495 e. The summed E-state index contributed by atoms with van der Waals surface area (Å²) in [7, 11) is 3.23. The van der Waals surface area contributed by atoms with E-state index in [1.165, 1.54) is 0 Å². The average molecular weight is 223 g/mol. The fourth-order valence-corrected chi connectivity index (χ4v) is 1.80. The van der Waals surface area contributed by atoms with Crippen LogP contribution in [-0.2, 0) is 6.42 Å². The van der Waals surface area contributed by atoms with Crippen molar-refractivity contribution in [2.24, 2.45) is 0 Å². The molecule has 4 heteroatoms. The summed E-state index contributed by atoms with van der Waals surface area (Å²) in [6.07, 6.45) is 6.67. The maximum Gasteiger partial charge on any atom is 0.144 e. The van der Waals surface area contributed by atoms with Crippen LogP contribution in [0.2, 0.25) is 0 Å². The van der Waals surface area contributed by atoms with Gasteiger partial charge in [0.05, 0.1) is 32.2 Å². The summed E-state index contributed by atoms with van der Waals surface area (Å²) in [5, 5.41) is 9.82. The highest BCUT2D eigenvalue weighted by Crippen LogP contribution is 2.41. The number of pyridine rings is 1. The molecule has 1 fully saturated rings. The maximum absolute atomic E-state index is 9.82. The van der Waals surface area contributed by atoms with Crippen molar-refractivity contribution >= 4 is 0 Å². The molecule has 1 N–H and O–H groups in total. The van der Waals surface area contributed by atoms with Crippen molar-refractivity contribution in [1.29, 1.82) is 0 Å². The number of ether oxygens (including phenoxy) is 2. The molecule has 0 saturated heterocycles. The second kappa shape index (κ2) is 4.29. The highest BCUT2D eigenvalue weighted by atomic mass is 16.5. The van der Waals surface area contributed by atoms with Crippen molar-refractivity contribution in [3.8, 4) is 11.5 Å². The summed E-state index contributed by atoms with van der Waals surface area (Å²) in [5.74, 6) is 1.45. The Morgan fingerprint density at radius 3 is 2.25 bits per heavy atom. The molecule has 1 aromatic heterocycles. The monoisotopic (exact) mass is 223 g/mol. The van der Waals surface area contributed by atoms with Crippen molar-refractivity contribution in [3.63, 3.8) is 0 Å². The number of nitrogens with zero attached hydrogens (tertiary/aromatic N) is 1. The maximum atomic E-state index is 9.82. The van der Waals surface area contributed by atoms with E-state index in [4.69, 9.17) is 9.47 Å². The Bertz CT molecular complexity index is 352. The van der Waals surface area contributed by atoms with Crippen LogP contribution in [0, 0.1) is 0 Å². The Hall–Kier alpha value is -1.29. The van der Waals surface area contributed by atoms with Crippen molar-refractivity contribution in [2.45, 2.75) is 31.3 Å². The van der Waals surface area contributed by atoms with Gasteiger partial charge in [0.25, 0.3) is 0 Å². The van der Waals surface area contributed by atoms with E-state index in [1.54, 1.807) is 26.6 Å². The van der Waals surface area contributed by atoms with Crippen LogP contribution < -0.4 is 9.47 Å². The van der Waals surface area contributed by atoms with Crippen LogP contribution in [0.15, 0.2) is 12.4 Å². The third-order valence-electron chi connectivity index (χ3n) is 3.09. The lowest BCUT2D eigenvalue weighted by molar-refractivity contribution is 0.140. The molecular formula is C12H17NO3. The third kappa shape index (κ3) is 2.27. The van der Waals surface area contributed by atoms with E-state index in [1.807, 2.05) is 0 Å². The molecule has 88 valence electrons. The average Bonchev–Trinajstić information content (AvgIpc) is 3.04. The summed E-state index contributed by atoms with van der Waals surface area (Å²) in [6.45, 7) is 0. The van der Waals surface area contributed by atoms with Crippen molar-refractivity contribution in [2.75, 3.05) is 14.2 Å². The van der Waals surface area contributed by atoms with Gasteiger partial charge in [-0.05, 0) is 25.7 Å². The molecule has 0 aliphatic heterocycles. The van der Waals surface area contributed by atoms with Crippen molar-refractivity contribution < 1.29 is 14.6 Å². The van der Waals surface area contributed by atoms with Gasteiger partial charge in [0.1, 0.15) is 11.5 Å². The summed E-state index contributed by atoms with van der Waals surface area (Å²) < 4.78 is 10.5. The van der Waals surface area contributed by atoms with Crippen LogP contribution in [0.4, 0.5) is 0 Å². The van der Waals surface area contributed by atoms with Gasteiger partial charge in [-0.25, -0.2) is 0 Å². The third-order valence-corrected chi connectivity index (χ3v) is 3.09. The molecule has 2 rings (SSSR count). The van der Waals surface area contributed by atoms with Crippen LogP contribution in [0.5, 0.6) is 11.5 Å². The second-order valence-corrected chi connectivity index (χ2v) is 4.25. The molecule has 0 aromatic carbocycles. The number of hydrogen-bond donors (Lipinski definition) is 1. The van der Waals surface area contributed by atoms with Gasteiger partial charge < -0.3 is 14.6 Å². The van der Waals surface area contributed by atoms with Gasteiger partial charge in [0, 0.05) is 5.56 Å². The molecule has 1 heterocycles. The number of methoxy groups -OCH3 is 2. The zero-order valence-electron chi connectivity index (χ0n) is 9.69. The van der Waals surface area contributed by atoms with E-state index in [0.717, 1.165) is 42.7 Å². The van der Waals surface area contributed by atoms with E-state index in [2.05, 4.69) is 4.98 Å². The van der Waals surface area contributed by atoms with Gasteiger partial charge in [-0.15, -0.1) is 0 Å². The zero-order chi connectivity index (χ0) is 11.6. The summed E-state index contributed by atoms with van der Waals surface area (Å²) in [4.78, 5) is 4.03. The molecule has 4 nitrogen and oxygen atoms in total.